The number of rotatable bonds is 7. The zero-order chi connectivity index (χ0) is 24.3. The largest absolute Gasteiger partial charge is 0.351 e. The second-order valence-electron chi connectivity index (χ2n) is 9.97. The van der Waals surface area contributed by atoms with E-state index < -0.39 is 5.54 Å². The number of hydrogen-bond donors (Lipinski definition) is 2. The van der Waals surface area contributed by atoms with Crippen LogP contribution in [0.5, 0.6) is 0 Å². The average Bonchev–Trinajstić information content (AvgIpc) is 3.33. The molecule has 1 saturated carbocycles. The molecule has 1 aromatic rings. The van der Waals surface area contributed by atoms with Crippen molar-refractivity contribution in [3.05, 3.63) is 17.5 Å². The van der Waals surface area contributed by atoms with Gasteiger partial charge in [0.1, 0.15) is 11.2 Å². The molecule has 0 bridgehead atoms. The number of fused-ring (bicyclic) bond motifs is 1. The minimum Gasteiger partial charge on any atom is -0.351 e. The van der Waals surface area contributed by atoms with E-state index in [2.05, 4.69) is 15.7 Å². The first-order chi connectivity index (χ1) is 16.3. The van der Waals surface area contributed by atoms with E-state index in [1.54, 1.807) is 14.0 Å². The molecule has 0 spiro atoms. The summed E-state index contributed by atoms with van der Waals surface area (Å²) in [7, 11) is 1.63. The minimum atomic E-state index is -1.08. The molecular formula is C24H36N6O4. The van der Waals surface area contributed by atoms with Gasteiger partial charge in [0, 0.05) is 45.2 Å². The monoisotopic (exact) mass is 472 g/mol. The molecule has 186 valence electrons. The van der Waals surface area contributed by atoms with E-state index in [9.17, 15) is 19.2 Å². The highest BCUT2D eigenvalue weighted by molar-refractivity contribution is 6.01. The van der Waals surface area contributed by atoms with Crippen LogP contribution in [0.1, 0.15) is 85.7 Å². The quantitative estimate of drug-likeness (QED) is 0.458. The molecule has 4 amide bonds. The number of nitrogens with one attached hydrogen (secondary N) is 2. The van der Waals surface area contributed by atoms with Crippen LogP contribution in [0.4, 0.5) is 0 Å². The molecule has 1 atom stereocenters. The third-order valence-electron chi connectivity index (χ3n) is 7.48. The Hall–Kier alpha value is -2.91. The van der Waals surface area contributed by atoms with Crippen LogP contribution in [0.3, 0.4) is 0 Å². The van der Waals surface area contributed by atoms with Crippen LogP contribution in [-0.2, 0) is 16.1 Å². The zero-order valence-electron chi connectivity index (χ0n) is 20.3. The third kappa shape index (κ3) is 4.95. The highest BCUT2D eigenvalue weighted by Gasteiger charge is 2.46. The van der Waals surface area contributed by atoms with Crippen molar-refractivity contribution in [2.24, 2.45) is 0 Å². The highest BCUT2D eigenvalue weighted by Crippen LogP contribution is 2.27. The van der Waals surface area contributed by atoms with Crippen LogP contribution in [0, 0.1) is 0 Å². The fraction of sp³-hybridized carbons (Fsp3) is 0.708. The second kappa shape index (κ2) is 10.1. The third-order valence-corrected chi connectivity index (χ3v) is 7.48. The van der Waals surface area contributed by atoms with E-state index in [1.807, 2.05) is 4.90 Å². The number of carbonyl (C=O) groups excluding carboxylic acids is 4. The van der Waals surface area contributed by atoms with E-state index in [0.29, 0.717) is 31.6 Å². The fourth-order valence-electron chi connectivity index (χ4n) is 5.11. The van der Waals surface area contributed by atoms with Crippen LogP contribution in [0.25, 0.3) is 0 Å². The summed E-state index contributed by atoms with van der Waals surface area (Å²) in [4.78, 5) is 53.9. The van der Waals surface area contributed by atoms with Crippen LogP contribution in [0.15, 0.2) is 6.07 Å². The Morgan fingerprint density at radius 3 is 2.56 bits per heavy atom. The molecule has 2 fully saturated rings. The number of amides is 4. The van der Waals surface area contributed by atoms with Gasteiger partial charge in [-0.1, -0.05) is 25.7 Å². The molecule has 1 aliphatic carbocycles. The fourth-order valence-corrected chi connectivity index (χ4v) is 5.11. The van der Waals surface area contributed by atoms with Crippen LogP contribution < -0.4 is 10.6 Å². The van der Waals surface area contributed by atoms with E-state index in [1.165, 1.54) is 28.5 Å². The number of hydrogen-bond acceptors (Lipinski definition) is 5. The summed E-state index contributed by atoms with van der Waals surface area (Å²) in [6.45, 7) is 3.76. The molecule has 4 rings (SSSR count). The Kier molecular flexibility index (Phi) is 7.23. The molecule has 2 N–H and O–H groups in total. The summed E-state index contributed by atoms with van der Waals surface area (Å²) in [5, 5.41) is 10.3. The highest BCUT2D eigenvalue weighted by atomic mass is 16.2. The summed E-state index contributed by atoms with van der Waals surface area (Å²) in [6.07, 6.45) is 8.68. The summed E-state index contributed by atoms with van der Waals surface area (Å²) in [5.41, 5.74) is -0.629. The predicted octanol–water partition coefficient (Wildman–Crippen LogP) is 1.31. The van der Waals surface area contributed by atoms with Gasteiger partial charge in [-0.15, -0.1) is 0 Å². The maximum Gasteiger partial charge on any atom is 0.272 e. The normalized spacial score (nSPS) is 23.6. The van der Waals surface area contributed by atoms with Gasteiger partial charge in [-0.25, -0.2) is 0 Å². The predicted molar refractivity (Wildman–Crippen MR) is 125 cm³/mol. The molecule has 1 saturated heterocycles. The number of likely N-dealkylation sites (tertiary alicyclic amines) is 1. The van der Waals surface area contributed by atoms with Gasteiger partial charge in [0.15, 0.2) is 5.69 Å². The lowest BCUT2D eigenvalue weighted by molar-refractivity contribution is -0.133. The molecule has 10 nitrogen and oxygen atoms in total. The SMILES string of the molecule is CN1C(=O)c2cc(C(=O)NCCCN3CCCC3=O)nn2CC1(C)C(=O)NC1CCCCCC1. The van der Waals surface area contributed by atoms with Gasteiger partial charge in [-0.3, -0.25) is 23.9 Å². The van der Waals surface area contributed by atoms with Gasteiger partial charge in [0.25, 0.3) is 11.8 Å². The summed E-state index contributed by atoms with van der Waals surface area (Å²) < 4.78 is 1.48. The van der Waals surface area contributed by atoms with Gasteiger partial charge in [0.2, 0.25) is 11.8 Å². The Morgan fingerprint density at radius 2 is 1.88 bits per heavy atom. The first-order valence-electron chi connectivity index (χ1n) is 12.5. The number of aromatic nitrogens is 2. The first-order valence-corrected chi connectivity index (χ1v) is 12.5. The van der Waals surface area contributed by atoms with Crippen molar-refractivity contribution in [3.63, 3.8) is 0 Å². The molecule has 1 unspecified atom stereocenters. The molecule has 10 heteroatoms. The first kappa shape index (κ1) is 24.2. The van der Waals surface area contributed by atoms with E-state index in [0.717, 1.165) is 38.6 Å². The Labute approximate surface area is 200 Å². The van der Waals surface area contributed by atoms with Gasteiger partial charge < -0.3 is 20.4 Å². The van der Waals surface area contributed by atoms with Crippen LogP contribution in [0.2, 0.25) is 0 Å². The van der Waals surface area contributed by atoms with Crippen molar-refractivity contribution in [2.45, 2.75) is 82.8 Å². The molecular weight excluding hydrogens is 436 g/mol. The molecule has 2 aliphatic heterocycles. The van der Waals surface area contributed by atoms with Gasteiger partial charge in [0.05, 0.1) is 6.54 Å². The average molecular weight is 473 g/mol. The topological polar surface area (TPSA) is 117 Å². The van der Waals surface area contributed by atoms with Crippen molar-refractivity contribution in [1.82, 2.24) is 30.2 Å². The number of carbonyl (C=O) groups is 4. The van der Waals surface area contributed by atoms with Crippen molar-refractivity contribution in [2.75, 3.05) is 26.7 Å². The van der Waals surface area contributed by atoms with Crippen molar-refractivity contribution in [3.8, 4) is 0 Å². The Balaban J connectivity index is 1.37. The standard InChI is InChI=1S/C24H36N6O4/c1-24(23(34)26-17-9-5-3-4-6-10-17)16-30-19(22(33)28(24)2)15-18(27-30)21(32)25-12-8-14-29-13-7-11-20(29)31/h15,17H,3-14,16H2,1-2H3,(H,25,32)(H,26,34). The van der Waals surface area contributed by atoms with E-state index in [-0.39, 0.29) is 41.9 Å². The lowest BCUT2D eigenvalue weighted by Crippen LogP contribution is -2.63. The number of nitrogens with zero attached hydrogens (tertiary/aromatic N) is 4. The maximum absolute atomic E-state index is 13.3. The molecule has 1 aromatic heterocycles. The summed E-state index contributed by atoms with van der Waals surface area (Å²) in [5.74, 6) is -0.709. The van der Waals surface area contributed by atoms with E-state index >= 15 is 0 Å². The maximum atomic E-state index is 13.3. The van der Waals surface area contributed by atoms with Crippen molar-refractivity contribution < 1.29 is 19.2 Å². The molecule has 0 radical (unpaired) electrons. The van der Waals surface area contributed by atoms with Gasteiger partial charge in [-0.2, -0.15) is 5.10 Å². The lowest BCUT2D eigenvalue weighted by Gasteiger charge is -2.41. The second-order valence-corrected chi connectivity index (χ2v) is 9.97. The van der Waals surface area contributed by atoms with Crippen molar-refractivity contribution >= 4 is 23.6 Å². The van der Waals surface area contributed by atoms with Gasteiger partial charge >= 0.3 is 0 Å². The molecule has 3 heterocycles. The Morgan fingerprint density at radius 1 is 1.15 bits per heavy atom. The van der Waals surface area contributed by atoms with Crippen molar-refractivity contribution in [1.29, 1.82) is 0 Å². The molecule has 0 aromatic carbocycles. The zero-order valence-corrected chi connectivity index (χ0v) is 20.3. The smallest absolute Gasteiger partial charge is 0.272 e. The van der Waals surface area contributed by atoms with Crippen LogP contribution >= 0.6 is 0 Å². The molecule has 34 heavy (non-hydrogen) atoms. The van der Waals surface area contributed by atoms with Crippen LogP contribution in [-0.4, -0.2) is 81.5 Å². The molecule has 3 aliphatic rings. The summed E-state index contributed by atoms with van der Waals surface area (Å²) in [6, 6.07) is 1.62. The minimum absolute atomic E-state index is 0.131. The Bertz CT molecular complexity index is 951. The number of likely N-dealkylation sites (N-methyl/N-ethyl adjacent to an activating group) is 1. The van der Waals surface area contributed by atoms with E-state index in [4.69, 9.17) is 0 Å². The summed E-state index contributed by atoms with van der Waals surface area (Å²) >= 11 is 0. The lowest BCUT2D eigenvalue weighted by atomic mass is 9.95. The van der Waals surface area contributed by atoms with Gasteiger partial charge in [-0.05, 0) is 32.6 Å².